The Kier molecular flexibility index (Phi) is 3.89. The topological polar surface area (TPSA) is 49.4 Å². The average molecular weight is 286 g/mol. The first-order valence-corrected chi connectivity index (χ1v) is 9.56. The van der Waals surface area contributed by atoms with Gasteiger partial charge in [0.15, 0.2) is 0 Å². The average Bonchev–Trinajstić information content (AvgIpc) is 2.39. The van der Waals surface area contributed by atoms with Crippen LogP contribution < -0.4 is 5.32 Å². The minimum Gasteiger partial charge on any atom is -0.316 e. The van der Waals surface area contributed by atoms with Gasteiger partial charge < -0.3 is 5.32 Å². The molecule has 3 rings (SSSR count). The molecule has 19 heavy (non-hydrogen) atoms. The molecule has 3 aliphatic heterocycles. The molecule has 1 unspecified atom stereocenters. The zero-order valence-electron chi connectivity index (χ0n) is 11.7. The van der Waals surface area contributed by atoms with E-state index in [-0.39, 0.29) is 0 Å². The van der Waals surface area contributed by atoms with Gasteiger partial charge in [-0.05, 0) is 57.0 Å². The summed E-state index contributed by atoms with van der Waals surface area (Å²) in [7, 11) is -2.73. The van der Waals surface area contributed by atoms with Crippen molar-refractivity contribution >= 4 is 9.84 Å². The van der Waals surface area contributed by atoms with E-state index in [0.29, 0.717) is 23.0 Å². The number of piperidine rings is 2. The highest BCUT2D eigenvalue weighted by molar-refractivity contribution is 7.91. The van der Waals surface area contributed by atoms with Crippen LogP contribution in [0.2, 0.25) is 0 Å². The zero-order valence-corrected chi connectivity index (χ0v) is 12.6. The summed E-state index contributed by atoms with van der Waals surface area (Å²) in [4.78, 5) is 2.60. The van der Waals surface area contributed by atoms with Crippen LogP contribution in [0.5, 0.6) is 0 Å². The Hall–Kier alpha value is -0.130. The number of nitrogens with zero attached hydrogens (tertiary/aromatic N) is 1. The normalized spacial score (nSPS) is 37.5. The summed E-state index contributed by atoms with van der Waals surface area (Å²) in [5.41, 5.74) is 0.479. The molecular formula is C14H26N2O2S. The molecule has 0 bridgehead atoms. The van der Waals surface area contributed by atoms with Crippen molar-refractivity contribution in [3.8, 4) is 0 Å². The Morgan fingerprint density at radius 3 is 2.53 bits per heavy atom. The predicted molar refractivity (Wildman–Crippen MR) is 77.0 cm³/mol. The lowest BCUT2D eigenvalue weighted by Crippen LogP contribution is -2.54. The number of likely N-dealkylation sites (tertiary alicyclic amines) is 1. The van der Waals surface area contributed by atoms with E-state index in [0.717, 1.165) is 19.4 Å². The highest BCUT2D eigenvalue weighted by Crippen LogP contribution is 2.37. The molecule has 0 aromatic carbocycles. The molecule has 0 amide bonds. The molecule has 3 heterocycles. The Morgan fingerprint density at radius 1 is 1.11 bits per heavy atom. The highest BCUT2D eigenvalue weighted by Gasteiger charge is 2.39. The van der Waals surface area contributed by atoms with Gasteiger partial charge in [0.2, 0.25) is 0 Å². The van der Waals surface area contributed by atoms with Crippen LogP contribution in [0.4, 0.5) is 0 Å². The molecule has 3 fully saturated rings. The summed E-state index contributed by atoms with van der Waals surface area (Å²) in [6, 6.07) is 0.516. The van der Waals surface area contributed by atoms with E-state index in [1.807, 2.05) is 0 Å². The Morgan fingerprint density at radius 2 is 1.84 bits per heavy atom. The number of nitrogens with one attached hydrogen (secondary N) is 1. The molecule has 3 aliphatic rings. The van der Waals surface area contributed by atoms with Gasteiger partial charge in [-0.3, -0.25) is 4.90 Å². The Balaban J connectivity index is 1.62. The van der Waals surface area contributed by atoms with E-state index in [1.165, 1.54) is 45.3 Å². The number of rotatable bonds is 1. The van der Waals surface area contributed by atoms with Crippen LogP contribution in [0.3, 0.4) is 0 Å². The fraction of sp³-hybridized carbons (Fsp3) is 1.00. The van der Waals surface area contributed by atoms with Gasteiger partial charge in [-0.2, -0.15) is 0 Å². The second-order valence-electron chi connectivity index (χ2n) is 6.74. The maximum atomic E-state index is 11.5. The van der Waals surface area contributed by atoms with Crippen molar-refractivity contribution in [1.82, 2.24) is 10.2 Å². The molecule has 1 N–H and O–H groups in total. The lowest BCUT2D eigenvalue weighted by atomic mass is 9.74. The fourth-order valence-electron chi connectivity index (χ4n) is 4.18. The van der Waals surface area contributed by atoms with Crippen molar-refractivity contribution in [3.63, 3.8) is 0 Å². The molecule has 4 nitrogen and oxygen atoms in total. The van der Waals surface area contributed by atoms with Gasteiger partial charge in [0.1, 0.15) is 9.84 Å². The van der Waals surface area contributed by atoms with Crippen molar-refractivity contribution in [2.75, 3.05) is 37.7 Å². The third-order valence-corrected chi connectivity index (χ3v) is 7.01. The maximum Gasteiger partial charge on any atom is 0.150 e. The minimum absolute atomic E-state index is 0.402. The molecule has 3 saturated heterocycles. The molecule has 1 atom stereocenters. The van der Waals surface area contributed by atoms with E-state index < -0.39 is 9.84 Å². The van der Waals surface area contributed by atoms with Crippen molar-refractivity contribution < 1.29 is 8.42 Å². The van der Waals surface area contributed by atoms with E-state index in [1.54, 1.807) is 0 Å². The zero-order chi connectivity index (χ0) is 13.3. The van der Waals surface area contributed by atoms with Gasteiger partial charge in [0, 0.05) is 19.1 Å². The smallest absolute Gasteiger partial charge is 0.150 e. The summed E-state index contributed by atoms with van der Waals surface area (Å²) in [6.45, 7) is 4.69. The van der Waals surface area contributed by atoms with Crippen LogP contribution in [0, 0.1) is 5.41 Å². The molecule has 5 heteroatoms. The molecule has 0 radical (unpaired) electrons. The van der Waals surface area contributed by atoms with Crippen molar-refractivity contribution in [1.29, 1.82) is 0 Å². The van der Waals surface area contributed by atoms with Gasteiger partial charge in [0.05, 0.1) is 11.5 Å². The van der Waals surface area contributed by atoms with Crippen LogP contribution >= 0.6 is 0 Å². The van der Waals surface area contributed by atoms with Gasteiger partial charge in [-0.15, -0.1) is 0 Å². The summed E-state index contributed by atoms with van der Waals surface area (Å²) in [6.07, 6.45) is 6.98. The van der Waals surface area contributed by atoms with E-state index >= 15 is 0 Å². The molecular weight excluding hydrogens is 260 g/mol. The Labute approximate surface area is 116 Å². The minimum atomic E-state index is -2.73. The van der Waals surface area contributed by atoms with Crippen LogP contribution in [0.25, 0.3) is 0 Å². The number of hydrogen-bond acceptors (Lipinski definition) is 4. The van der Waals surface area contributed by atoms with Gasteiger partial charge in [0.25, 0.3) is 0 Å². The van der Waals surface area contributed by atoms with Gasteiger partial charge >= 0.3 is 0 Å². The first-order valence-electron chi connectivity index (χ1n) is 7.74. The summed E-state index contributed by atoms with van der Waals surface area (Å²) < 4.78 is 23.1. The molecule has 0 aromatic heterocycles. The standard InChI is InChI=1S/C14H26N2O2S/c17-19(18)9-3-13(4-10-19)16-8-2-6-14(12-16)5-1-7-15-11-14/h13,15H,1-12H2. The second kappa shape index (κ2) is 5.34. The molecule has 110 valence electrons. The molecule has 1 spiro atoms. The molecule has 0 saturated carbocycles. The summed E-state index contributed by atoms with van der Waals surface area (Å²) in [5, 5.41) is 3.56. The van der Waals surface area contributed by atoms with E-state index in [2.05, 4.69) is 10.2 Å². The highest BCUT2D eigenvalue weighted by atomic mass is 32.2. The van der Waals surface area contributed by atoms with E-state index in [9.17, 15) is 8.42 Å². The lowest BCUT2D eigenvalue weighted by molar-refractivity contribution is 0.0345. The van der Waals surface area contributed by atoms with Crippen LogP contribution in [-0.2, 0) is 9.84 Å². The SMILES string of the molecule is O=S1(=O)CCC(N2CCCC3(CCCNC3)C2)CC1. The van der Waals surface area contributed by atoms with Crippen molar-refractivity contribution in [3.05, 3.63) is 0 Å². The third-order valence-electron chi connectivity index (χ3n) is 5.29. The summed E-state index contributed by atoms with van der Waals surface area (Å²) in [5.74, 6) is 0.804. The first kappa shape index (κ1) is 13.8. The summed E-state index contributed by atoms with van der Waals surface area (Å²) >= 11 is 0. The molecule has 0 aromatic rings. The van der Waals surface area contributed by atoms with Crippen LogP contribution in [0.1, 0.15) is 38.5 Å². The number of sulfone groups is 1. The first-order chi connectivity index (χ1) is 9.09. The maximum absolute atomic E-state index is 11.5. The predicted octanol–water partition coefficient (Wildman–Crippen LogP) is 1.03. The number of hydrogen-bond donors (Lipinski definition) is 1. The van der Waals surface area contributed by atoms with Gasteiger partial charge in [-0.1, -0.05) is 0 Å². The fourth-order valence-corrected chi connectivity index (χ4v) is 5.65. The quantitative estimate of drug-likeness (QED) is 0.782. The monoisotopic (exact) mass is 286 g/mol. The third kappa shape index (κ3) is 3.14. The van der Waals surface area contributed by atoms with E-state index in [4.69, 9.17) is 0 Å². The second-order valence-corrected chi connectivity index (χ2v) is 9.04. The van der Waals surface area contributed by atoms with Crippen LogP contribution in [0.15, 0.2) is 0 Å². The largest absolute Gasteiger partial charge is 0.316 e. The Bertz CT molecular complexity index is 396. The van der Waals surface area contributed by atoms with Crippen molar-refractivity contribution in [2.24, 2.45) is 5.41 Å². The van der Waals surface area contributed by atoms with Gasteiger partial charge in [-0.25, -0.2) is 8.42 Å². The lowest BCUT2D eigenvalue weighted by Gasteiger charge is -2.48. The van der Waals surface area contributed by atoms with Crippen molar-refractivity contribution in [2.45, 2.75) is 44.6 Å². The van der Waals surface area contributed by atoms with Crippen LogP contribution in [-0.4, -0.2) is 57.0 Å². The molecule has 0 aliphatic carbocycles.